The van der Waals surface area contributed by atoms with E-state index in [9.17, 15) is 9.90 Å². The normalized spacial score (nSPS) is 23.4. The van der Waals surface area contributed by atoms with E-state index in [-0.39, 0.29) is 22.9 Å². The Morgan fingerprint density at radius 1 is 1.23 bits per heavy atom. The van der Waals surface area contributed by atoms with E-state index in [1.54, 1.807) is 21.6 Å². The van der Waals surface area contributed by atoms with Gasteiger partial charge in [0.1, 0.15) is 5.00 Å². The zero-order valence-corrected chi connectivity index (χ0v) is 16.1. The Morgan fingerprint density at radius 2 is 2.00 bits per heavy atom. The van der Waals surface area contributed by atoms with Gasteiger partial charge in [0.2, 0.25) is 5.88 Å². The minimum atomic E-state index is -0.300. The summed E-state index contributed by atoms with van der Waals surface area (Å²) in [5.41, 5.74) is 2.01. The van der Waals surface area contributed by atoms with Gasteiger partial charge in [0, 0.05) is 22.4 Å². The largest absolute Gasteiger partial charge is 0.494 e. The number of aliphatic hydroxyl groups excluding tert-OH is 1. The summed E-state index contributed by atoms with van der Waals surface area (Å²) in [6.07, 6.45) is 0.693. The van der Waals surface area contributed by atoms with Crippen LogP contribution in [0.5, 0.6) is 0 Å². The van der Waals surface area contributed by atoms with Gasteiger partial charge in [0.05, 0.1) is 17.8 Å². The molecular weight excluding hydrogens is 368 g/mol. The maximum atomic E-state index is 13.6. The maximum Gasteiger partial charge on any atom is 0.263 e. The van der Waals surface area contributed by atoms with Crippen molar-refractivity contribution in [2.45, 2.75) is 38.0 Å². The smallest absolute Gasteiger partial charge is 0.263 e. The van der Waals surface area contributed by atoms with Gasteiger partial charge >= 0.3 is 0 Å². The molecular formula is C19H18N2O3S2. The van der Waals surface area contributed by atoms with E-state index in [2.05, 4.69) is 0 Å². The average Bonchev–Trinajstić information content (AvgIpc) is 3.16. The van der Waals surface area contributed by atoms with Crippen LogP contribution in [-0.4, -0.2) is 22.1 Å². The highest BCUT2D eigenvalue weighted by molar-refractivity contribution is 8.03. The van der Waals surface area contributed by atoms with Gasteiger partial charge in [0.15, 0.2) is 5.50 Å². The fourth-order valence-electron chi connectivity index (χ4n) is 3.72. The van der Waals surface area contributed by atoms with Gasteiger partial charge < -0.3 is 9.84 Å². The molecule has 1 amide bonds. The number of benzene rings is 1. The second kappa shape index (κ2) is 5.52. The minimum Gasteiger partial charge on any atom is -0.494 e. The van der Waals surface area contributed by atoms with Crippen LogP contribution in [0.15, 0.2) is 41.6 Å². The third-order valence-corrected chi connectivity index (χ3v) is 7.15. The van der Waals surface area contributed by atoms with Crippen LogP contribution in [0.4, 0.5) is 10.7 Å². The molecule has 0 unspecified atom stereocenters. The van der Waals surface area contributed by atoms with E-state index in [1.165, 1.54) is 11.8 Å². The summed E-state index contributed by atoms with van der Waals surface area (Å²) in [6, 6.07) is 9.65. The molecule has 1 N–H and O–H groups in total. The quantitative estimate of drug-likeness (QED) is 0.785. The number of hydrogen-bond acceptors (Lipinski definition) is 6. The van der Waals surface area contributed by atoms with E-state index >= 15 is 0 Å². The van der Waals surface area contributed by atoms with Gasteiger partial charge in [-0.05, 0) is 31.5 Å². The number of carbonyl (C=O) groups is 1. The maximum absolute atomic E-state index is 13.6. The number of aliphatic hydroxyl groups is 1. The zero-order chi connectivity index (χ0) is 18.1. The second-order valence-electron chi connectivity index (χ2n) is 7.23. The van der Waals surface area contributed by atoms with Crippen molar-refractivity contribution >= 4 is 39.7 Å². The summed E-state index contributed by atoms with van der Waals surface area (Å²) >= 11 is 3.00. The first-order chi connectivity index (χ1) is 12.5. The highest BCUT2D eigenvalue weighted by Gasteiger charge is 2.47. The Kier molecular flexibility index (Phi) is 3.44. The molecule has 0 spiro atoms. The number of carbonyl (C=O) groups excluding carboxylic acids is 1. The minimum absolute atomic E-state index is 0.00162. The fraction of sp³-hybridized carbons (Fsp3) is 0.316. The van der Waals surface area contributed by atoms with Crippen LogP contribution in [0.25, 0.3) is 0 Å². The molecule has 134 valence electrons. The summed E-state index contributed by atoms with van der Waals surface area (Å²) in [6.45, 7) is 4.61. The molecule has 0 bridgehead atoms. The third-order valence-electron chi connectivity index (χ3n) is 4.94. The van der Waals surface area contributed by atoms with E-state index < -0.39 is 0 Å². The number of fused-ring (bicyclic) bond motifs is 5. The third kappa shape index (κ3) is 2.24. The van der Waals surface area contributed by atoms with Crippen LogP contribution < -0.4 is 9.80 Å². The number of nitrogens with zero attached hydrogens (tertiary/aromatic N) is 2. The SMILES string of the molecule is CC1(C)Cc2c(sc3c2C(=O)N(c2ccccc2)[C@H]2SC=C(O)N32)CO1. The molecule has 7 heteroatoms. The molecule has 1 aromatic heterocycles. The summed E-state index contributed by atoms with van der Waals surface area (Å²) in [4.78, 5) is 18.3. The van der Waals surface area contributed by atoms with Crippen LogP contribution in [-0.2, 0) is 17.8 Å². The van der Waals surface area contributed by atoms with E-state index in [0.717, 1.165) is 21.1 Å². The molecule has 3 aliphatic rings. The standard InChI is InChI=1S/C19H18N2O3S2/c1-19(2)8-12-13(9-24-19)26-17-15(12)16(23)20(11-6-4-3-5-7-11)18-21(17)14(22)10-25-18/h3-7,10,18,22H,8-9H2,1-2H3/t18-/m1/s1. The zero-order valence-electron chi connectivity index (χ0n) is 14.4. The van der Waals surface area contributed by atoms with Crippen LogP contribution in [0, 0.1) is 0 Å². The number of ether oxygens (including phenoxy) is 1. The lowest BCUT2D eigenvalue weighted by Crippen LogP contribution is -2.51. The van der Waals surface area contributed by atoms with Gasteiger partial charge in [-0.2, -0.15) is 0 Å². The van der Waals surface area contributed by atoms with Crippen molar-refractivity contribution in [3.8, 4) is 0 Å². The van der Waals surface area contributed by atoms with Crippen molar-refractivity contribution in [2.24, 2.45) is 0 Å². The van der Waals surface area contributed by atoms with Gasteiger partial charge in [-0.1, -0.05) is 30.0 Å². The van der Waals surface area contributed by atoms with Crippen LogP contribution in [0.1, 0.15) is 34.6 Å². The molecule has 1 atom stereocenters. The van der Waals surface area contributed by atoms with Crippen molar-refractivity contribution in [1.82, 2.24) is 0 Å². The number of hydrogen-bond donors (Lipinski definition) is 1. The molecule has 0 saturated heterocycles. The molecule has 1 aromatic carbocycles. The highest BCUT2D eigenvalue weighted by Crippen LogP contribution is 2.51. The van der Waals surface area contributed by atoms with Crippen molar-refractivity contribution in [2.75, 3.05) is 9.80 Å². The van der Waals surface area contributed by atoms with Crippen molar-refractivity contribution < 1.29 is 14.6 Å². The Bertz CT molecular complexity index is 936. The molecule has 0 aliphatic carbocycles. The van der Waals surface area contributed by atoms with Gasteiger partial charge in [-0.25, -0.2) is 0 Å². The van der Waals surface area contributed by atoms with Crippen LogP contribution in [0.3, 0.4) is 0 Å². The van der Waals surface area contributed by atoms with Gasteiger partial charge in [-0.3, -0.25) is 14.6 Å². The fourth-order valence-corrected chi connectivity index (χ4v) is 6.07. The van der Waals surface area contributed by atoms with Crippen LogP contribution >= 0.6 is 23.1 Å². The molecule has 0 radical (unpaired) electrons. The van der Waals surface area contributed by atoms with E-state index in [0.29, 0.717) is 18.6 Å². The first kappa shape index (κ1) is 16.2. The van der Waals surface area contributed by atoms with Crippen molar-refractivity contribution in [3.63, 3.8) is 0 Å². The molecule has 0 fully saturated rings. The molecule has 5 rings (SSSR count). The number of thioether (sulfide) groups is 1. The number of rotatable bonds is 1. The Morgan fingerprint density at radius 3 is 2.77 bits per heavy atom. The molecule has 5 nitrogen and oxygen atoms in total. The number of amides is 1. The highest BCUT2D eigenvalue weighted by atomic mass is 32.2. The number of anilines is 2. The first-order valence-corrected chi connectivity index (χ1v) is 10.2. The predicted molar refractivity (Wildman–Crippen MR) is 105 cm³/mol. The second-order valence-corrected chi connectivity index (χ2v) is 9.24. The Balaban J connectivity index is 1.70. The Labute approximate surface area is 159 Å². The number of thiophene rings is 1. The average molecular weight is 386 g/mol. The lowest BCUT2D eigenvalue weighted by molar-refractivity contribution is -0.0383. The van der Waals surface area contributed by atoms with Gasteiger partial charge in [0.25, 0.3) is 5.91 Å². The van der Waals surface area contributed by atoms with E-state index in [1.807, 2.05) is 49.1 Å². The summed E-state index contributed by atoms with van der Waals surface area (Å²) < 4.78 is 5.94. The summed E-state index contributed by atoms with van der Waals surface area (Å²) in [5, 5.41) is 13.0. The monoisotopic (exact) mass is 386 g/mol. The molecule has 0 saturated carbocycles. The number of para-hydroxylation sites is 1. The van der Waals surface area contributed by atoms with Gasteiger partial charge in [-0.15, -0.1) is 11.3 Å². The van der Waals surface area contributed by atoms with Crippen LogP contribution in [0.2, 0.25) is 0 Å². The molecule has 4 heterocycles. The Hall–Kier alpha value is -1.96. The lowest BCUT2D eigenvalue weighted by Gasteiger charge is -2.40. The van der Waals surface area contributed by atoms with Crippen molar-refractivity contribution in [3.05, 3.63) is 57.6 Å². The van der Waals surface area contributed by atoms with E-state index in [4.69, 9.17) is 4.74 Å². The van der Waals surface area contributed by atoms with Crippen molar-refractivity contribution in [1.29, 1.82) is 0 Å². The molecule has 26 heavy (non-hydrogen) atoms. The molecule has 3 aliphatic heterocycles. The molecule has 2 aromatic rings. The summed E-state index contributed by atoms with van der Waals surface area (Å²) in [7, 11) is 0. The topological polar surface area (TPSA) is 53.0 Å². The summed E-state index contributed by atoms with van der Waals surface area (Å²) in [5.74, 6) is 0.187. The first-order valence-electron chi connectivity index (χ1n) is 8.47. The predicted octanol–water partition coefficient (Wildman–Crippen LogP) is 4.45. The lowest BCUT2D eigenvalue weighted by atomic mass is 9.92.